The van der Waals surface area contributed by atoms with Crippen LogP contribution in [0.2, 0.25) is 0 Å². The van der Waals surface area contributed by atoms with E-state index in [0.29, 0.717) is 5.16 Å². The van der Waals surface area contributed by atoms with E-state index in [0.717, 1.165) is 5.57 Å². The van der Waals surface area contributed by atoms with Crippen LogP contribution < -0.4 is 0 Å². The molecule has 0 radical (unpaired) electrons. The predicted molar refractivity (Wildman–Crippen MR) is 88.5 cm³/mol. The van der Waals surface area contributed by atoms with Crippen molar-refractivity contribution >= 4 is 80.5 Å². The molecule has 2 rings (SSSR count). The molecule has 20 heavy (non-hydrogen) atoms. The summed E-state index contributed by atoms with van der Waals surface area (Å²) in [6, 6.07) is 0. The van der Waals surface area contributed by atoms with Crippen molar-refractivity contribution in [2.45, 2.75) is 19.7 Å². The maximum Gasteiger partial charge on any atom is 0.250 e. The van der Waals surface area contributed by atoms with Crippen molar-refractivity contribution in [2.75, 3.05) is 0 Å². The van der Waals surface area contributed by atoms with E-state index in [4.69, 9.17) is 69.6 Å². The van der Waals surface area contributed by atoms with Crippen LogP contribution in [-0.2, 0) is 7.59 Å². The smallest absolute Gasteiger partial charge is 0.209 e. The number of nitrogens with zero attached hydrogens (tertiary/aromatic N) is 3. The average Bonchev–Trinajstić information content (AvgIpc) is 2.73. The third kappa shape index (κ3) is 4.07. The fourth-order valence-corrected chi connectivity index (χ4v) is 3.54. The van der Waals surface area contributed by atoms with Crippen molar-refractivity contribution < 1.29 is 0 Å². The van der Waals surface area contributed by atoms with Gasteiger partial charge >= 0.3 is 0 Å². The third-order valence-corrected chi connectivity index (χ3v) is 5.03. The second kappa shape index (κ2) is 5.99. The van der Waals surface area contributed by atoms with Crippen LogP contribution >= 0.6 is 80.5 Å². The SMILES string of the molecule is CC1=C[SH](c2nc(C(Cl)(Cl)Cl)nc(C(Cl)(Cl)Cl)n2)C=C1. The zero-order valence-corrected chi connectivity index (χ0v) is 15.2. The van der Waals surface area contributed by atoms with Crippen LogP contribution in [0.25, 0.3) is 0 Å². The van der Waals surface area contributed by atoms with Gasteiger partial charge in [0.2, 0.25) is 7.59 Å². The Morgan fingerprint density at radius 2 is 1.40 bits per heavy atom. The Bertz CT molecular complexity index is 557. The highest BCUT2D eigenvalue weighted by atomic mass is 35.6. The predicted octanol–water partition coefficient (Wildman–Crippen LogP) is 5.32. The lowest BCUT2D eigenvalue weighted by Crippen LogP contribution is -2.17. The van der Waals surface area contributed by atoms with Gasteiger partial charge in [0.15, 0.2) is 16.8 Å². The summed E-state index contributed by atoms with van der Waals surface area (Å²) < 4.78 is -3.64. The fourth-order valence-electron chi connectivity index (χ4n) is 1.36. The van der Waals surface area contributed by atoms with Crippen molar-refractivity contribution in [2.24, 2.45) is 0 Å². The molecule has 0 saturated carbocycles. The van der Waals surface area contributed by atoms with Crippen molar-refractivity contribution in [3.63, 3.8) is 0 Å². The van der Waals surface area contributed by atoms with Gasteiger partial charge in [0, 0.05) is 0 Å². The molecule has 110 valence electrons. The van der Waals surface area contributed by atoms with Crippen LogP contribution in [0.15, 0.2) is 27.6 Å². The molecule has 2 heterocycles. The summed E-state index contributed by atoms with van der Waals surface area (Å²) in [4.78, 5) is 12.3. The number of rotatable bonds is 1. The highest BCUT2D eigenvalue weighted by Crippen LogP contribution is 2.45. The molecular formula is C10H7Cl6N3S. The third-order valence-electron chi connectivity index (χ3n) is 2.20. The van der Waals surface area contributed by atoms with Gasteiger partial charge in [-0.25, -0.2) is 15.0 Å². The van der Waals surface area contributed by atoms with Crippen molar-refractivity contribution in [3.05, 3.63) is 34.1 Å². The molecule has 1 atom stereocenters. The molecule has 10 heteroatoms. The van der Waals surface area contributed by atoms with E-state index in [-0.39, 0.29) is 11.6 Å². The van der Waals surface area contributed by atoms with Gasteiger partial charge in [0.25, 0.3) is 0 Å². The van der Waals surface area contributed by atoms with Gasteiger partial charge in [-0.2, -0.15) is 10.9 Å². The first-order valence-corrected chi connectivity index (χ1v) is 8.87. The highest BCUT2D eigenvalue weighted by molar-refractivity contribution is 8.22. The van der Waals surface area contributed by atoms with Gasteiger partial charge in [-0.3, -0.25) is 0 Å². The highest BCUT2D eigenvalue weighted by Gasteiger charge is 2.34. The Labute approximate surface area is 148 Å². The van der Waals surface area contributed by atoms with Gasteiger partial charge in [-0.05, 0) is 23.3 Å². The first-order valence-electron chi connectivity index (χ1n) is 5.13. The first-order chi connectivity index (χ1) is 9.07. The van der Waals surface area contributed by atoms with Crippen LogP contribution in [0.5, 0.6) is 0 Å². The maximum absolute atomic E-state index is 5.81. The van der Waals surface area contributed by atoms with Crippen LogP contribution in [0.1, 0.15) is 18.6 Å². The van der Waals surface area contributed by atoms with E-state index in [2.05, 4.69) is 15.0 Å². The molecule has 1 aromatic rings. The Morgan fingerprint density at radius 1 is 0.900 bits per heavy atom. The number of allylic oxidation sites excluding steroid dienone is 2. The van der Waals surface area contributed by atoms with Gasteiger partial charge in [-0.1, -0.05) is 75.7 Å². The monoisotopic (exact) mass is 411 g/mol. The Balaban J connectivity index is 2.55. The molecule has 1 aliphatic rings. The molecule has 0 aromatic carbocycles. The lowest BCUT2D eigenvalue weighted by molar-refractivity contribution is 0.768. The maximum atomic E-state index is 5.81. The molecular weight excluding hydrogens is 407 g/mol. The summed E-state index contributed by atoms with van der Waals surface area (Å²) >= 11 is 34.9. The summed E-state index contributed by atoms with van der Waals surface area (Å²) in [6.07, 6.45) is 1.96. The van der Waals surface area contributed by atoms with Gasteiger partial charge in [-0.15, -0.1) is 0 Å². The Morgan fingerprint density at radius 3 is 1.75 bits per heavy atom. The van der Waals surface area contributed by atoms with Gasteiger partial charge < -0.3 is 0 Å². The van der Waals surface area contributed by atoms with E-state index in [1.54, 1.807) is 0 Å². The average molecular weight is 414 g/mol. The van der Waals surface area contributed by atoms with Crippen LogP contribution in [0.3, 0.4) is 0 Å². The summed E-state index contributed by atoms with van der Waals surface area (Å²) in [6.45, 7) is 1.96. The van der Waals surface area contributed by atoms with Crippen molar-refractivity contribution in [1.82, 2.24) is 15.0 Å². The zero-order valence-electron chi connectivity index (χ0n) is 9.79. The van der Waals surface area contributed by atoms with E-state index < -0.39 is 18.5 Å². The summed E-state index contributed by atoms with van der Waals surface area (Å²) in [5.41, 5.74) is 1.10. The second-order valence-corrected chi connectivity index (χ2v) is 10.2. The Hall–Kier alpha value is 0.580. The minimum Gasteiger partial charge on any atom is -0.209 e. The van der Waals surface area contributed by atoms with E-state index in [1.807, 2.05) is 23.8 Å². The van der Waals surface area contributed by atoms with Gasteiger partial charge in [0.05, 0.1) is 0 Å². The molecule has 3 nitrogen and oxygen atoms in total. The number of hydrogen-bond donors (Lipinski definition) is 1. The first kappa shape index (κ1) is 16.9. The van der Waals surface area contributed by atoms with Crippen LogP contribution in [0, 0.1) is 0 Å². The van der Waals surface area contributed by atoms with E-state index >= 15 is 0 Å². The largest absolute Gasteiger partial charge is 0.250 e. The molecule has 0 fully saturated rings. The molecule has 0 saturated heterocycles. The lowest BCUT2D eigenvalue weighted by atomic mass is 10.4. The normalized spacial score (nSPS) is 21.1. The number of halogens is 6. The van der Waals surface area contributed by atoms with E-state index in [9.17, 15) is 0 Å². The quantitative estimate of drug-likeness (QED) is 0.500. The zero-order chi connectivity index (χ0) is 15.1. The molecule has 0 amide bonds. The second-order valence-electron chi connectivity index (χ2n) is 3.87. The topological polar surface area (TPSA) is 38.7 Å². The molecule has 0 bridgehead atoms. The fraction of sp³-hybridized carbons (Fsp3) is 0.300. The number of aromatic nitrogens is 3. The van der Waals surface area contributed by atoms with Crippen LogP contribution in [0.4, 0.5) is 0 Å². The summed E-state index contributed by atoms with van der Waals surface area (Å²) in [5.74, 6) is -0.134. The summed E-state index contributed by atoms with van der Waals surface area (Å²) in [7, 11) is -0.863. The minimum atomic E-state index is -1.82. The number of thiol groups is 1. The van der Waals surface area contributed by atoms with Crippen molar-refractivity contribution in [1.29, 1.82) is 0 Å². The number of hydrogen-bond acceptors (Lipinski definition) is 3. The van der Waals surface area contributed by atoms with Crippen LogP contribution in [-0.4, -0.2) is 15.0 Å². The van der Waals surface area contributed by atoms with E-state index in [1.165, 1.54) is 0 Å². The molecule has 1 aromatic heterocycles. The Kier molecular flexibility index (Phi) is 5.08. The molecule has 0 aliphatic carbocycles. The lowest BCUT2D eigenvalue weighted by Gasteiger charge is -2.17. The molecule has 0 spiro atoms. The standard InChI is InChI=1S/C10H7Cl6N3S/c1-5-2-3-20(4-5)8-18-6(9(11,12)13)17-7(19-8)10(14,15)16/h2-4,20H,1H3. The minimum absolute atomic E-state index is 0.0670. The molecule has 1 unspecified atom stereocenters. The molecule has 1 aliphatic heterocycles. The summed E-state index contributed by atoms with van der Waals surface area (Å²) in [5, 5.41) is 4.39. The van der Waals surface area contributed by atoms with Crippen molar-refractivity contribution in [3.8, 4) is 0 Å². The number of alkyl halides is 6. The molecule has 0 N–H and O–H groups in total. The van der Waals surface area contributed by atoms with Gasteiger partial charge in [0.1, 0.15) is 0 Å².